The molecule has 1 aromatic carbocycles. The first kappa shape index (κ1) is 20.3. The molecule has 1 aromatic heterocycles. The Morgan fingerprint density at radius 1 is 1.15 bits per heavy atom. The Morgan fingerprint density at radius 3 is 2.41 bits per heavy atom. The number of rotatable bonds is 7. The number of carbonyl (C=O) groups excluding carboxylic acids is 1. The number of aromatic amines is 2. The first-order chi connectivity index (χ1) is 12.6. The van der Waals surface area contributed by atoms with Crippen molar-refractivity contribution in [3.8, 4) is 5.75 Å². The summed E-state index contributed by atoms with van der Waals surface area (Å²) >= 11 is 0. The molecule has 0 fully saturated rings. The first-order valence-electron chi connectivity index (χ1n) is 8.01. The van der Waals surface area contributed by atoms with E-state index >= 15 is 0 Å². The fraction of sp³-hybridized carbons (Fsp3) is 0.353. The second-order valence-electron chi connectivity index (χ2n) is 5.84. The van der Waals surface area contributed by atoms with Crippen molar-refractivity contribution in [3.05, 3.63) is 61.9 Å². The quantitative estimate of drug-likeness (QED) is 0.673. The van der Waals surface area contributed by atoms with Crippen molar-refractivity contribution in [2.75, 3.05) is 6.61 Å². The Hall–Kier alpha value is -3.04. The lowest BCUT2D eigenvalue weighted by molar-refractivity contribution is -0.153. The maximum Gasteiger partial charge on any atom is 0.422 e. The van der Waals surface area contributed by atoms with Gasteiger partial charge in [-0.2, -0.15) is 13.2 Å². The Labute approximate surface area is 151 Å². The molecule has 2 aromatic rings. The topological polar surface area (TPSA) is 104 Å². The SMILES string of the molecule is Cc1[nH]c(=O)[nH]c(=O)c1CCC(=O)NCc1ccc(OCC(F)(F)F)cc1. The lowest BCUT2D eigenvalue weighted by Gasteiger charge is -2.10. The summed E-state index contributed by atoms with van der Waals surface area (Å²) in [5, 5.41) is 2.65. The molecule has 0 unspecified atom stereocenters. The fourth-order valence-electron chi connectivity index (χ4n) is 2.32. The van der Waals surface area contributed by atoms with Gasteiger partial charge in [-0.3, -0.25) is 14.6 Å². The molecule has 7 nitrogen and oxygen atoms in total. The van der Waals surface area contributed by atoms with Gasteiger partial charge in [-0.1, -0.05) is 12.1 Å². The smallest absolute Gasteiger partial charge is 0.422 e. The molecular weight excluding hydrogens is 367 g/mol. The van der Waals surface area contributed by atoms with E-state index in [0.717, 1.165) is 0 Å². The molecule has 2 rings (SSSR count). The summed E-state index contributed by atoms with van der Waals surface area (Å²) in [4.78, 5) is 39.3. The first-order valence-corrected chi connectivity index (χ1v) is 8.01. The number of halogens is 3. The number of aromatic nitrogens is 2. The molecule has 1 amide bonds. The molecule has 0 atom stereocenters. The van der Waals surface area contributed by atoms with Crippen molar-refractivity contribution in [3.63, 3.8) is 0 Å². The minimum atomic E-state index is -4.40. The van der Waals surface area contributed by atoms with Crippen molar-refractivity contribution < 1.29 is 22.7 Å². The van der Waals surface area contributed by atoms with Crippen molar-refractivity contribution in [2.24, 2.45) is 0 Å². The predicted octanol–water partition coefficient (Wildman–Crippen LogP) is 1.56. The van der Waals surface area contributed by atoms with Gasteiger partial charge >= 0.3 is 11.9 Å². The summed E-state index contributed by atoms with van der Waals surface area (Å²) in [5.41, 5.74) is 0.287. The molecule has 0 aliphatic rings. The Bertz CT molecular complexity index is 901. The van der Waals surface area contributed by atoms with Crippen LogP contribution in [-0.2, 0) is 17.8 Å². The Balaban J connectivity index is 1.82. The standard InChI is InChI=1S/C17H18F3N3O4/c1-10-13(15(25)23-16(26)22-10)6-7-14(24)21-8-11-2-4-12(5-3-11)27-9-17(18,19)20/h2-5H,6-9H2,1H3,(H,21,24)(H2,22,23,25,26). The summed E-state index contributed by atoms with van der Waals surface area (Å²) in [7, 11) is 0. The largest absolute Gasteiger partial charge is 0.484 e. The van der Waals surface area contributed by atoms with Crippen LogP contribution in [0.3, 0.4) is 0 Å². The minimum Gasteiger partial charge on any atom is -0.484 e. The molecule has 0 saturated heterocycles. The van der Waals surface area contributed by atoms with Gasteiger partial charge in [0.15, 0.2) is 6.61 Å². The van der Waals surface area contributed by atoms with E-state index in [-0.39, 0.29) is 31.0 Å². The average Bonchev–Trinajstić information content (AvgIpc) is 2.57. The van der Waals surface area contributed by atoms with Gasteiger partial charge in [-0.25, -0.2) is 4.79 Å². The molecule has 10 heteroatoms. The summed E-state index contributed by atoms with van der Waals surface area (Å²) in [6.07, 6.45) is -4.20. The summed E-state index contributed by atoms with van der Waals surface area (Å²) in [6, 6.07) is 5.86. The van der Waals surface area contributed by atoms with E-state index in [1.807, 2.05) is 0 Å². The van der Waals surface area contributed by atoms with Crippen LogP contribution in [0.4, 0.5) is 13.2 Å². The molecule has 0 radical (unpaired) electrons. The zero-order valence-electron chi connectivity index (χ0n) is 14.4. The van der Waals surface area contributed by atoms with Crippen LogP contribution in [0.25, 0.3) is 0 Å². The number of amides is 1. The lowest BCUT2D eigenvalue weighted by Crippen LogP contribution is -2.29. The molecular formula is C17H18F3N3O4. The van der Waals surface area contributed by atoms with Gasteiger partial charge in [0.1, 0.15) is 5.75 Å². The van der Waals surface area contributed by atoms with Crippen LogP contribution in [0.2, 0.25) is 0 Å². The summed E-state index contributed by atoms with van der Waals surface area (Å²) in [6.45, 7) is 0.387. The number of benzene rings is 1. The van der Waals surface area contributed by atoms with Gasteiger partial charge in [0.2, 0.25) is 5.91 Å². The Morgan fingerprint density at radius 2 is 1.81 bits per heavy atom. The van der Waals surface area contributed by atoms with E-state index in [9.17, 15) is 27.6 Å². The number of alkyl halides is 3. The molecule has 3 N–H and O–H groups in total. The summed E-state index contributed by atoms with van der Waals surface area (Å²) in [5.74, 6) is -0.229. The second kappa shape index (κ2) is 8.56. The van der Waals surface area contributed by atoms with Crippen LogP contribution in [0.15, 0.2) is 33.9 Å². The van der Waals surface area contributed by atoms with E-state index in [2.05, 4.69) is 20.0 Å². The maximum atomic E-state index is 12.1. The number of H-pyrrole nitrogens is 2. The van der Waals surface area contributed by atoms with E-state index in [0.29, 0.717) is 16.8 Å². The average molecular weight is 385 g/mol. The predicted molar refractivity (Wildman–Crippen MR) is 90.6 cm³/mol. The number of hydrogen-bond donors (Lipinski definition) is 3. The maximum absolute atomic E-state index is 12.1. The van der Waals surface area contributed by atoms with Crippen LogP contribution in [-0.4, -0.2) is 28.7 Å². The van der Waals surface area contributed by atoms with E-state index in [1.54, 1.807) is 19.1 Å². The monoisotopic (exact) mass is 385 g/mol. The third kappa shape index (κ3) is 6.65. The third-order valence-electron chi connectivity index (χ3n) is 3.67. The lowest BCUT2D eigenvalue weighted by atomic mass is 10.1. The van der Waals surface area contributed by atoms with Gasteiger partial charge in [0.05, 0.1) is 0 Å². The Kier molecular flexibility index (Phi) is 6.43. The molecule has 1 heterocycles. The van der Waals surface area contributed by atoms with Gasteiger partial charge in [0, 0.05) is 24.2 Å². The van der Waals surface area contributed by atoms with Gasteiger partial charge in [-0.05, 0) is 31.0 Å². The van der Waals surface area contributed by atoms with Crippen LogP contribution in [0.5, 0.6) is 5.75 Å². The molecule has 0 spiro atoms. The van der Waals surface area contributed by atoms with Crippen molar-refractivity contribution >= 4 is 5.91 Å². The highest BCUT2D eigenvalue weighted by molar-refractivity contribution is 5.76. The van der Waals surface area contributed by atoms with E-state index in [4.69, 9.17) is 0 Å². The van der Waals surface area contributed by atoms with E-state index in [1.165, 1.54) is 12.1 Å². The zero-order valence-corrected chi connectivity index (χ0v) is 14.4. The number of ether oxygens (including phenoxy) is 1. The van der Waals surface area contributed by atoms with Gasteiger partial charge in [0.25, 0.3) is 5.56 Å². The highest BCUT2D eigenvalue weighted by atomic mass is 19.4. The molecule has 0 saturated carbocycles. The molecule has 0 aliphatic heterocycles. The number of carbonyl (C=O) groups is 1. The van der Waals surface area contributed by atoms with Gasteiger partial charge in [-0.15, -0.1) is 0 Å². The van der Waals surface area contributed by atoms with Crippen LogP contribution in [0, 0.1) is 6.92 Å². The van der Waals surface area contributed by atoms with Crippen molar-refractivity contribution in [2.45, 2.75) is 32.5 Å². The number of nitrogens with one attached hydrogen (secondary N) is 3. The number of aryl methyl sites for hydroxylation is 1. The van der Waals surface area contributed by atoms with Crippen LogP contribution >= 0.6 is 0 Å². The molecule has 0 aliphatic carbocycles. The molecule has 146 valence electrons. The minimum absolute atomic E-state index is 0.0444. The summed E-state index contributed by atoms with van der Waals surface area (Å²) < 4.78 is 40.8. The van der Waals surface area contributed by atoms with Crippen LogP contribution < -0.4 is 21.3 Å². The second-order valence-corrected chi connectivity index (χ2v) is 5.84. The highest BCUT2D eigenvalue weighted by Gasteiger charge is 2.28. The fourth-order valence-corrected chi connectivity index (χ4v) is 2.32. The molecule has 0 bridgehead atoms. The van der Waals surface area contributed by atoms with Crippen LogP contribution in [0.1, 0.15) is 23.2 Å². The highest BCUT2D eigenvalue weighted by Crippen LogP contribution is 2.18. The van der Waals surface area contributed by atoms with Gasteiger partial charge < -0.3 is 15.0 Å². The third-order valence-corrected chi connectivity index (χ3v) is 3.67. The van der Waals surface area contributed by atoms with Crippen molar-refractivity contribution in [1.82, 2.24) is 15.3 Å². The molecule has 27 heavy (non-hydrogen) atoms. The zero-order chi connectivity index (χ0) is 20.0. The number of hydrogen-bond acceptors (Lipinski definition) is 4. The van der Waals surface area contributed by atoms with E-state index < -0.39 is 24.0 Å². The van der Waals surface area contributed by atoms with Crippen molar-refractivity contribution in [1.29, 1.82) is 0 Å². The normalized spacial score (nSPS) is 11.3.